The van der Waals surface area contributed by atoms with Gasteiger partial charge in [0.1, 0.15) is 24.7 Å². The van der Waals surface area contributed by atoms with Crippen LogP contribution in [0.15, 0.2) is 48.5 Å². The molecular weight excluding hydrogens is 384 g/mol. The van der Waals surface area contributed by atoms with Gasteiger partial charge in [0.25, 0.3) is 0 Å². The van der Waals surface area contributed by atoms with Gasteiger partial charge >= 0.3 is 11.9 Å². The summed E-state index contributed by atoms with van der Waals surface area (Å²) in [5.74, 6) is 11.5. The lowest BCUT2D eigenvalue weighted by Crippen LogP contribution is -2.06. The Hall–Kier alpha value is -3.90. The fourth-order valence-electron chi connectivity index (χ4n) is 2.22. The molecule has 0 amide bonds. The van der Waals surface area contributed by atoms with E-state index in [-0.39, 0.29) is 13.2 Å². The van der Waals surface area contributed by atoms with Gasteiger partial charge in [-0.15, -0.1) is 0 Å². The Bertz CT molecular complexity index is 872. The molecule has 0 fully saturated rings. The van der Waals surface area contributed by atoms with Crippen molar-refractivity contribution < 1.29 is 28.5 Å². The molecule has 0 saturated heterocycles. The summed E-state index contributed by atoms with van der Waals surface area (Å²) in [7, 11) is 3.12. The Morgan fingerprint density at radius 2 is 1.03 bits per heavy atom. The highest BCUT2D eigenvalue weighted by Gasteiger charge is 2.07. The van der Waals surface area contributed by atoms with Gasteiger partial charge < -0.3 is 18.9 Å². The molecule has 0 saturated carbocycles. The molecule has 0 radical (unpaired) electrons. The smallest absolute Gasteiger partial charge is 0.338 e. The second-order valence-corrected chi connectivity index (χ2v) is 5.83. The molecule has 0 aliphatic carbocycles. The summed E-state index contributed by atoms with van der Waals surface area (Å²) in [6.07, 6.45) is 0.756. The van der Waals surface area contributed by atoms with Crippen LogP contribution < -0.4 is 9.47 Å². The lowest BCUT2D eigenvalue weighted by Gasteiger charge is -2.03. The normalized spacial score (nSPS) is 9.27. The van der Waals surface area contributed by atoms with Crippen LogP contribution in [0.5, 0.6) is 11.5 Å². The standard InChI is InChI=1S/C24H22O6/c1-27-21-13-9-19(10-14-21)23(25)29-17-7-5-3-4-6-8-18-30-24(26)20-11-15-22(28-2)16-12-20/h9-16H,7-8,17-18H2,1-2H3. The molecule has 30 heavy (non-hydrogen) atoms. The molecule has 0 aliphatic heterocycles. The van der Waals surface area contributed by atoms with Crippen molar-refractivity contribution in [3.05, 3.63) is 59.7 Å². The van der Waals surface area contributed by atoms with Gasteiger partial charge in [-0.3, -0.25) is 0 Å². The van der Waals surface area contributed by atoms with Crippen LogP contribution in [-0.4, -0.2) is 39.4 Å². The fraction of sp³-hybridized carbons (Fsp3) is 0.250. The Kier molecular flexibility index (Phi) is 9.36. The largest absolute Gasteiger partial charge is 0.497 e. The summed E-state index contributed by atoms with van der Waals surface area (Å²) >= 11 is 0. The Labute approximate surface area is 176 Å². The first kappa shape index (κ1) is 22.4. The molecular formula is C24H22O6. The van der Waals surface area contributed by atoms with Crippen LogP contribution in [0.3, 0.4) is 0 Å². The third kappa shape index (κ3) is 7.61. The molecule has 6 nitrogen and oxygen atoms in total. The van der Waals surface area contributed by atoms with Crippen molar-refractivity contribution in [2.24, 2.45) is 0 Å². The van der Waals surface area contributed by atoms with E-state index in [0.29, 0.717) is 35.5 Å². The zero-order valence-corrected chi connectivity index (χ0v) is 16.9. The minimum Gasteiger partial charge on any atom is -0.497 e. The monoisotopic (exact) mass is 406 g/mol. The first-order valence-corrected chi connectivity index (χ1v) is 9.22. The number of hydrogen-bond acceptors (Lipinski definition) is 6. The van der Waals surface area contributed by atoms with Crippen LogP contribution in [0.1, 0.15) is 33.6 Å². The van der Waals surface area contributed by atoms with Crippen LogP contribution >= 0.6 is 0 Å². The van der Waals surface area contributed by atoms with E-state index in [4.69, 9.17) is 18.9 Å². The van der Waals surface area contributed by atoms with Gasteiger partial charge in [0.15, 0.2) is 0 Å². The minimum atomic E-state index is -0.413. The number of benzene rings is 2. The van der Waals surface area contributed by atoms with Gasteiger partial charge in [0.05, 0.1) is 25.3 Å². The van der Waals surface area contributed by atoms with E-state index in [1.165, 1.54) is 0 Å². The number of carbonyl (C=O) groups is 2. The molecule has 0 unspecified atom stereocenters. The molecule has 0 N–H and O–H groups in total. The van der Waals surface area contributed by atoms with Gasteiger partial charge in [-0.05, 0) is 60.4 Å². The highest BCUT2D eigenvalue weighted by atomic mass is 16.5. The number of ether oxygens (including phenoxy) is 4. The number of esters is 2. The molecule has 0 spiro atoms. The molecule has 0 aromatic heterocycles. The fourth-order valence-corrected chi connectivity index (χ4v) is 2.22. The van der Waals surface area contributed by atoms with Crippen LogP contribution in [0.4, 0.5) is 0 Å². The van der Waals surface area contributed by atoms with Gasteiger partial charge in [-0.1, -0.05) is 11.8 Å². The van der Waals surface area contributed by atoms with Gasteiger partial charge in [-0.2, -0.15) is 0 Å². The number of methoxy groups -OCH3 is 2. The third-order valence-corrected chi connectivity index (χ3v) is 3.81. The summed E-state index contributed by atoms with van der Waals surface area (Å²) < 4.78 is 20.3. The number of hydrogen-bond donors (Lipinski definition) is 0. The SMILES string of the molecule is COc1ccc(C(=O)OCCC#CC#CCCOC(=O)c2ccc(OC)cc2)cc1. The molecule has 6 heteroatoms. The summed E-state index contributed by atoms with van der Waals surface area (Å²) in [6.45, 7) is 0.359. The second kappa shape index (κ2) is 12.5. The molecule has 0 aliphatic rings. The topological polar surface area (TPSA) is 71.1 Å². The summed E-state index contributed by atoms with van der Waals surface area (Å²) in [4.78, 5) is 23.7. The van der Waals surface area contributed by atoms with Crippen LogP contribution in [0.2, 0.25) is 0 Å². The lowest BCUT2D eigenvalue weighted by molar-refractivity contribution is 0.0504. The van der Waals surface area contributed by atoms with Crippen molar-refractivity contribution in [3.8, 4) is 35.2 Å². The molecule has 0 heterocycles. The Morgan fingerprint density at radius 1 is 0.667 bits per heavy atom. The van der Waals surface area contributed by atoms with Crippen molar-refractivity contribution in [1.82, 2.24) is 0 Å². The van der Waals surface area contributed by atoms with Gasteiger partial charge in [0.2, 0.25) is 0 Å². The zero-order valence-electron chi connectivity index (χ0n) is 16.9. The van der Waals surface area contributed by atoms with E-state index in [0.717, 1.165) is 0 Å². The van der Waals surface area contributed by atoms with Crippen molar-refractivity contribution in [3.63, 3.8) is 0 Å². The van der Waals surface area contributed by atoms with Crippen molar-refractivity contribution in [2.75, 3.05) is 27.4 Å². The van der Waals surface area contributed by atoms with Crippen LogP contribution in [0.25, 0.3) is 0 Å². The van der Waals surface area contributed by atoms with Crippen molar-refractivity contribution >= 4 is 11.9 Å². The van der Waals surface area contributed by atoms with E-state index >= 15 is 0 Å². The molecule has 0 bridgehead atoms. The number of rotatable bonds is 8. The van der Waals surface area contributed by atoms with E-state index in [9.17, 15) is 9.59 Å². The first-order chi connectivity index (χ1) is 14.6. The molecule has 154 valence electrons. The average molecular weight is 406 g/mol. The van der Waals surface area contributed by atoms with E-state index in [2.05, 4.69) is 23.7 Å². The minimum absolute atomic E-state index is 0.180. The van der Waals surface area contributed by atoms with Crippen molar-refractivity contribution in [1.29, 1.82) is 0 Å². The van der Waals surface area contributed by atoms with Crippen molar-refractivity contribution in [2.45, 2.75) is 12.8 Å². The van der Waals surface area contributed by atoms with E-state index in [1.54, 1.807) is 62.8 Å². The predicted octanol–water partition coefficient (Wildman–Crippen LogP) is 3.50. The summed E-state index contributed by atoms with van der Waals surface area (Å²) in [5.41, 5.74) is 0.903. The highest BCUT2D eigenvalue weighted by Crippen LogP contribution is 2.13. The maximum absolute atomic E-state index is 11.9. The second-order valence-electron chi connectivity index (χ2n) is 5.83. The zero-order chi connectivity index (χ0) is 21.6. The summed E-state index contributed by atoms with van der Waals surface area (Å²) in [6, 6.07) is 13.3. The molecule has 2 aromatic carbocycles. The molecule has 0 atom stereocenters. The van der Waals surface area contributed by atoms with Gasteiger partial charge in [0, 0.05) is 12.8 Å². The molecule has 2 aromatic rings. The van der Waals surface area contributed by atoms with Crippen LogP contribution in [-0.2, 0) is 9.47 Å². The first-order valence-electron chi connectivity index (χ1n) is 9.22. The highest BCUT2D eigenvalue weighted by molar-refractivity contribution is 5.90. The molecule has 2 rings (SSSR count). The predicted molar refractivity (Wildman–Crippen MR) is 111 cm³/mol. The third-order valence-electron chi connectivity index (χ3n) is 3.81. The maximum Gasteiger partial charge on any atom is 0.338 e. The van der Waals surface area contributed by atoms with E-state index in [1.807, 2.05) is 0 Å². The quantitative estimate of drug-likeness (QED) is 0.380. The maximum atomic E-state index is 11.9. The van der Waals surface area contributed by atoms with Crippen LogP contribution in [0, 0.1) is 23.7 Å². The summed E-state index contributed by atoms with van der Waals surface area (Å²) in [5, 5.41) is 0. The average Bonchev–Trinajstić information content (AvgIpc) is 2.80. The number of carbonyl (C=O) groups excluding carboxylic acids is 2. The Morgan fingerprint density at radius 3 is 1.37 bits per heavy atom. The van der Waals surface area contributed by atoms with Gasteiger partial charge in [-0.25, -0.2) is 9.59 Å². The van der Waals surface area contributed by atoms with E-state index < -0.39 is 11.9 Å². The Balaban J connectivity index is 1.60. The lowest BCUT2D eigenvalue weighted by atomic mass is 10.2.